The predicted octanol–water partition coefficient (Wildman–Crippen LogP) is 2.81. The average Bonchev–Trinajstić information content (AvgIpc) is 3.22. The number of halogens is 1. The second kappa shape index (κ2) is 5.56. The Hall–Kier alpha value is -2.58. The molecule has 0 unspecified atom stereocenters. The molecule has 4 rings (SSSR count). The van der Waals surface area contributed by atoms with Gasteiger partial charge in [0, 0.05) is 19.4 Å². The van der Waals surface area contributed by atoms with Crippen molar-refractivity contribution in [3.63, 3.8) is 0 Å². The number of hydrogen-bond acceptors (Lipinski definition) is 6. The number of pyridine rings is 1. The summed E-state index contributed by atoms with van der Waals surface area (Å²) in [6.07, 6.45) is 8.98. The topological polar surface area (TPSA) is 73.8 Å². The van der Waals surface area contributed by atoms with Crippen molar-refractivity contribution in [3.8, 4) is 11.5 Å². The minimum atomic E-state index is 0.516. The summed E-state index contributed by atoms with van der Waals surface area (Å²) in [4.78, 5) is 4.77. The summed E-state index contributed by atoms with van der Waals surface area (Å²) in [6, 6.07) is 3.87. The molecule has 114 valence electrons. The quantitative estimate of drug-likeness (QED) is 0.572. The van der Waals surface area contributed by atoms with Gasteiger partial charge < -0.3 is 0 Å². The largest absolute Gasteiger partial charge is 0.264 e. The fraction of sp³-hybridized carbons (Fsp3) is 0.0714. The van der Waals surface area contributed by atoms with E-state index in [4.69, 9.17) is 11.6 Å². The third-order valence-corrected chi connectivity index (χ3v) is 4.36. The number of fused-ring (bicyclic) bond motifs is 1. The van der Waals surface area contributed by atoms with Crippen molar-refractivity contribution in [1.82, 2.24) is 34.6 Å². The summed E-state index contributed by atoms with van der Waals surface area (Å²) in [5.74, 6) is 0.572. The first-order chi connectivity index (χ1) is 11.2. The van der Waals surface area contributed by atoms with E-state index in [2.05, 4.69) is 25.4 Å². The van der Waals surface area contributed by atoms with Gasteiger partial charge in [0.25, 0.3) is 0 Å². The lowest BCUT2D eigenvalue weighted by Crippen LogP contribution is -1.98. The zero-order valence-corrected chi connectivity index (χ0v) is 13.5. The first-order valence-corrected chi connectivity index (χ1v) is 7.90. The Balaban J connectivity index is 1.74. The smallest absolute Gasteiger partial charge is 0.235 e. The highest BCUT2D eigenvalue weighted by Gasteiger charge is 2.18. The number of rotatable bonds is 3. The van der Waals surface area contributed by atoms with Crippen molar-refractivity contribution in [1.29, 1.82) is 0 Å². The summed E-state index contributed by atoms with van der Waals surface area (Å²) in [5, 5.41) is 18.3. The maximum Gasteiger partial charge on any atom is 0.235 e. The van der Waals surface area contributed by atoms with Crippen molar-refractivity contribution in [2.45, 2.75) is 0 Å². The van der Waals surface area contributed by atoms with Gasteiger partial charge in [-0.1, -0.05) is 35.1 Å². The molecular formula is C14H10ClN7S. The third kappa shape index (κ3) is 2.51. The summed E-state index contributed by atoms with van der Waals surface area (Å²) in [7, 11) is 1.80. The minimum absolute atomic E-state index is 0.516. The lowest BCUT2D eigenvalue weighted by atomic mass is 10.3. The molecule has 0 radical (unpaired) electrons. The molecule has 0 fully saturated rings. The maximum absolute atomic E-state index is 6.18. The molecule has 0 N–H and O–H groups in total. The Kier molecular flexibility index (Phi) is 3.40. The first kappa shape index (κ1) is 14.0. The molecule has 4 aromatic rings. The van der Waals surface area contributed by atoms with E-state index in [1.165, 1.54) is 11.3 Å². The van der Waals surface area contributed by atoms with Gasteiger partial charge in [-0.2, -0.15) is 14.7 Å². The van der Waals surface area contributed by atoms with Gasteiger partial charge in [-0.3, -0.25) is 9.67 Å². The Morgan fingerprint density at radius 3 is 2.87 bits per heavy atom. The maximum atomic E-state index is 6.18. The van der Waals surface area contributed by atoms with Crippen molar-refractivity contribution in [2.75, 3.05) is 0 Å². The standard InChI is InChI=1S/C14H10ClN7S/c1-21-12(10(15)8-17-21)13-18-19-14-22(13)20-11(23-14)5-4-9-3-2-6-16-7-9/h2-8H,1H3. The van der Waals surface area contributed by atoms with E-state index in [1.807, 2.05) is 24.3 Å². The molecule has 0 aliphatic carbocycles. The van der Waals surface area contributed by atoms with Crippen LogP contribution in [0.15, 0.2) is 30.7 Å². The lowest BCUT2D eigenvalue weighted by molar-refractivity contribution is 0.764. The van der Waals surface area contributed by atoms with Crippen LogP contribution in [0.1, 0.15) is 10.6 Å². The summed E-state index contributed by atoms with van der Waals surface area (Å²) < 4.78 is 3.33. The van der Waals surface area contributed by atoms with E-state index < -0.39 is 0 Å². The highest BCUT2D eigenvalue weighted by molar-refractivity contribution is 7.17. The number of hydrogen-bond donors (Lipinski definition) is 0. The van der Waals surface area contributed by atoms with Crippen molar-refractivity contribution >= 4 is 40.1 Å². The average molecular weight is 344 g/mol. The van der Waals surface area contributed by atoms with Gasteiger partial charge in [0.05, 0.1) is 11.2 Å². The summed E-state index contributed by atoms with van der Waals surface area (Å²) in [6.45, 7) is 0. The van der Waals surface area contributed by atoms with Crippen LogP contribution in [0, 0.1) is 0 Å². The van der Waals surface area contributed by atoms with Crippen LogP contribution in [0.3, 0.4) is 0 Å². The second-order valence-electron chi connectivity index (χ2n) is 4.74. The molecule has 7 nitrogen and oxygen atoms in total. The number of aryl methyl sites for hydroxylation is 1. The van der Waals surface area contributed by atoms with Gasteiger partial charge in [0.2, 0.25) is 10.8 Å². The van der Waals surface area contributed by atoms with Crippen LogP contribution >= 0.6 is 22.9 Å². The Morgan fingerprint density at radius 2 is 2.13 bits per heavy atom. The molecule has 0 aliphatic rings. The van der Waals surface area contributed by atoms with Gasteiger partial charge in [-0.15, -0.1) is 10.2 Å². The second-order valence-corrected chi connectivity index (χ2v) is 6.14. The fourth-order valence-electron chi connectivity index (χ4n) is 2.15. The molecule has 9 heteroatoms. The zero-order chi connectivity index (χ0) is 15.8. The Labute approximate surface area is 139 Å². The van der Waals surface area contributed by atoms with Gasteiger partial charge >= 0.3 is 0 Å². The van der Waals surface area contributed by atoms with Gasteiger partial charge in [0.15, 0.2) is 0 Å². The highest BCUT2D eigenvalue weighted by atomic mass is 35.5. The number of nitrogens with zero attached hydrogens (tertiary/aromatic N) is 7. The number of aromatic nitrogens is 7. The van der Waals surface area contributed by atoms with Crippen LogP contribution in [0.4, 0.5) is 0 Å². The van der Waals surface area contributed by atoms with Crippen molar-refractivity contribution < 1.29 is 0 Å². The molecule has 0 atom stereocenters. The van der Waals surface area contributed by atoms with Crippen LogP contribution in [0.2, 0.25) is 5.02 Å². The summed E-state index contributed by atoms with van der Waals surface area (Å²) in [5.41, 5.74) is 1.70. The van der Waals surface area contributed by atoms with E-state index in [-0.39, 0.29) is 0 Å². The molecule has 0 amide bonds. The normalized spacial score (nSPS) is 11.7. The molecule has 0 bridgehead atoms. The van der Waals surface area contributed by atoms with Crippen LogP contribution in [-0.4, -0.2) is 34.6 Å². The van der Waals surface area contributed by atoms with Crippen molar-refractivity contribution in [3.05, 3.63) is 46.3 Å². The van der Waals surface area contributed by atoms with Crippen LogP contribution in [-0.2, 0) is 7.05 Å². The Bertz CT molecular complexity index is 979. The molecule has 0 aromatic carbocycles. The minimum Gasteiger partial charge on any atom is -0.264 e. The van der Waals surface area contributed by atoms with E-state index in [1.54, 1.807) is 34.8 Å². The van der Waals surface area contributed by atoms with Crippen LogP contribution in [0.5, 0.6) is 0 Å². The zero-order valence-electron chi connectivity index (χ0n) is 12.0. The van der Waals surface area contributed by atoms with E-state index in [0.29, 0.717) is 21.5 Å². The van der Waals surface area contributed by atoms with Gasteiger partial charge in [-0.25, -0.2) is 0 Å². The predicted molar refractivity (Wildman–Crippen MR) is 89.0 cm³/mol. The highest BCUT2D eigenvalue weighted by Crippen LogP contribution is 2.27. The van der Waals surface area contributed by atoms with E-state index in [0.717, 1.165) is 10.6 Å². The summed E-state index contributed by atoms with van der Waals surface area (Å²) >= 11 is 7.62. The van der Waals surface area contributed by atoms with Crippen LogP contribution < -0.4 is 0 Å². The molecule has 0 saturated carbocycles. The van der Waals surface area contributed by atoms with Gasteiger partial charge in [0.1, 0.15) is 10.7 Å². The Morgan fingerprint density at radius 1 is 1.22 bits per heavy atom. The van der Waals surface area contributed by atoms with Crippen molar-refractivity contribution in [2.24, 2.45) is 7.05 Å². The van der Waals surface area contributed by atoms with E-state index in [9.17, 15) is 0 Å². The first-order valence-electron chi connectivity index (χ1n) is 6.70. The molecule has 0 saturated heterocycles. The third-order valence-electron chi connectivity index (χ3n) is 3.22. The molecule has 4 aromatic heterocycles. The van der Waals surface area contributed by atoms with E-state index >= 15 is 0 Å². The fourth-order valence-corrected chi connectivity index (χ4v) is 3.14. The molecule has 0 aliphatic heterocycles. The monoisotopic (exact) mass is 343 g/mol. The molecular weight excluding hydrogens is 334 g/mol. The molecule has 0 spiro atoms. The van der Waals surface area contributed by atoms with Crippen LogP contribution in [0.25, 0.3) is 28.6 Å². The SMILES string of the molecule is Cn1ncc(Cl)c1-c1nnc2sc(C=Cc3cccnc3)nn12. The van der Waals surface area contributed by atoms with Gasteiger partial charge in [-0.05, 0) is 17.7 Å². The lowest BCUT2D eigenvalue weighted by Gasteiger charge is -1.98. The molecule has 4 heterocycles. The molecule has 23 heavy (non-hydrogen) atoms.